The lowest BCUT2D eigenvalue weighted by Crippen LogP contribution is -2.04. The molecular formula is C18H14FN5O. The number of carbonyl (C=O) groups excluding carboxylic acids is 1. The maximum atomic E-state index is 14.0. The van der Waals surface area contributed by atoms with Gasteiger partial charge in [-0.05, 0) is 24.3 Å². The highest BCUT2D eigenvalue weighted by Gasteiger charge is 2.19. The monoisotopic (exact) mass is 335 g/mol. The van der Waals surface area contributed by atoms with E-state index in [1.807, 2.05) is 19.3 Å². The molecular weight excluding hydrogens is 321 g/mol. The molecule has 25 heavy (non-hydrogen) atoms. The minimum absolute atomic E-state index is 0.0623. The Bertz CT molecular complexity index is 1110. The van der Waals surface area contributed by atoms with Gasteiger partial charge in [-0.25, -0.2) is 9.37 Å². The first-order chi connectivity index (χ1) is 12.0. The molecule has 0 atom stereocenters. The van der Waals surface area contributed by atoms with E-state index in [9.17, 15) is 9.18 Å². The number of halogens is 1. The number of ketones is 1. The molecule has 0 amide bonds. The number of benzene rings is 1. The Kier molecular flexibility index (Phi) is 3.35. The summed E-state index contributed by atoms with van der Waals surface area (Å²) in [6, 6.07) is 5.79. The van der Waals surface area contributed by atoms with E-state index in [0.717, 1.165) is 11.1 Å². The molecule has 0 aliphatic carbocycles. The summed E-state index contributed by atoms with van der Waals surface area (Å²) in [6.07, 6.45) is 6.81. The average molecular weight is 335 g/mol. The van der Waals surface area contributed by atoms with Crippen molar-refractivity contribution in [3.8, 4) is 11.1 Å². The van der Waals surface area contributed by atoms with Crippen LogP contribution in [0.4, 0.5) is 10.1 Å². The number of aryl methyl sites for hydroxylation is 1. The van der Waals surface area contributed by atoms with E-state index in [1.165, 1.54) is 24.4 Å². The number of aromatic amines is 1. The second-order valence-corrected chi connectivity index (χ2v) is 5.79. The number of H-pyrrole nitrogens is 1. The normalized spacial score (nSPS) is 11.1. The average Bonchev–Trinajstić information content (AvgIpc) is 3.22. The molecule has 3 heterocycles. The Morgan fingerprint density at radius 2 is 2.04 bits per heavy atom. The molecule has 0 bridgehead atoms. The van der Waals surface area contributed by atoms with E-state index in [0.29, 0.717) is 22.3 Å². The highest BCUT2D eigenvalue weighted by molar-refractivity contribution is 6.16. The molecule has 0 spiro atoms. The maximum absolute atomic E-state index is 14.0. The number of nitrogens with one attached hydrogen (secondary N) is 1. The first-order valence-electron chi connectivity index (χ1n) is 7.59. The van der Waals surface area contributed by atoms with Gasteiger partial charge in [0.2, 0.25) is 0 Å². The lowest BCUT2D eigenvalue weighted by molar-refractivity contribution is 0.103. The lowest BCUT2D eigenvalue weighted by Gasteiger charge is -2.04. The van der Waals surface area contributed by atoms with E-state index in [4.69, 9.17) is 5.73 Å². The number of hydrogen-bond donors (Lipinski definition) is 2. The second-order valence-electron chi connectivity index (χ2n) is 5.79. The van der Waals surface area contributed by atoms with Crippen LogP contribution in [0.15, 0.2) is 49.1 Å². The smallest absolute Gasteiger partial charge is 0.198 e. The molecule has 4 aromatic rings. The third kappa shape index (κ3) is 2.55. The molecule has 0 radical (unpaired) electrons. The number of aromatic nitrogens is 4. The van der Waals surface area contributed by atoms with E-state index >= 15 is 0 Å². The third-order valence-corrected chi connectivity index (χ3v) is 4.05. The quantitative estimate of drug-likeness (QED) is 0.445. The molecule has 124 valence electrons. The molecule has 0 saturated heterocycles. The maximum Gasteiger partial charge on any atom is 0.198 e. The summed E-state index contributed by atoms with van der Waals surface area (Å²) in [5.74, 6) is -1.05. The van der Waals surface area contributed by atoms with Gasteiger partial charge in [-0.2, -0.15) is 5.10 Å². The molecule has 1 aromatic carbocycles. The molecule has 3 aromatic heterocycles. The molecule has 0 saturated carbocycles. The molecule has 3 N–H and O–H groups in total. The number of nitrogens with two attached hydrogens (primary N) is 1. The van der Waals surface area contributed by atoms with Crippen LogP contribution in [0.5, 0.6) is 0 Å². The van der Waals surface area contributed by atoms with E-state index < -0.39 is 11.6 Å². The Morgan fingerprint density at radius 3 is 2.80 bits per heavy atom. The minimum atomic E-state index is -0.607. The lowest BCUT2D eigenvalue weighted by atomic mass is 10.0. The van der Waals surface area contributed by atoms with Crippen molar-refractivity contribution in [2.24, 2.45) is 7.05 Å². The summed E-state index contributed by atoms with van der Waals surface area (Å²) in [6.45, 7) is 0. The van der Waals surface area contributed by atoms with Gasteiger partial charge in [0, 0.05) is 53.4 Å². The Balaban J connectivity index is 1.84. The predicted molar refractivity (Wildman–Crippen MR) is 92.5 cm³/mol. The van der Waals surface area contributed by atoms with Crippen molar-refractivity contribution in [3.05, 3.63) is 66.0 Å². The summed E-state index contributed by atoms with van der Waals surface area (Å²) in [7, 11) is 1.82. The standard InChI is InChI=1S/C18H14FN5O/c1-24-9-11(7-23-24)10-4-13-15(8-22-18(13)21-6-10)17(25)14-5-12(20)2-3-16(14)19/h2-9H,20H2,1H3,(H,21,22). The fourth-order valence-electron chi connectivity index (χ4n) is 2.78. The van der Waals surface area contributed by atoms with Crippen molar-refractivity contribution in [1.82, 2.24) is 19.7 Å². The van der Waals surface area contributed by atoms with Gasteiger partial charge in [0.05, 0.1) is 11.8 Å². The van der Waals surface area contributed by atoms with E-state index in [1.54, 1.807) is 17.1 Å². The summed E-state index contributed by atoms with van der Waals surface area (Å²) in [5, 5.41) is 4.76. The molecule has 7 heteroatoms. The van der Waals surface area contributed by atoms with E-state index in [-0.39, 0.29) is 5.56 Å². The van der Waals surface area contributed by atoms with E-state index in [2.05, 4.69) is 15.1 Å². The van der Waals surface area contributed by atoms with Crippen molar-refractivity contribution in [1.29, 1.82) is 0 Å². The number of carbonyl (C=O) groups is 1. The van der Waals surface area contributed by atoms with Crippen LogP contribution in [0.25, 0.3) is 22.2 Å². The fraction of sp³-hybridized carbons (Fsp3) is 0.0556. The number of hydrogen-bond acceptors (Lipinski definition) is 4. The molecule has 0 aliphatic rings. The third-order valence-electron chi connectivity index (χ3n) is 4.05. The summed E-state index contributed by atoms with van der Waals surface area (Å²) in [4.78, 5) is 20.1. The molecule has 0 aliphatic heterocycles. The van der Waals surface area contributed by atoms with Crippen LogP contribution >= 0.6 is 0 Å². The number of fused-ring (bicyclic) bond motifs is 1. The molecule has 6 nitrogen and oxygen atoms in total. The van der Waals surface area contributed by atoms with Gasteiger partial charge in [0.1, 0.15) is 11.5 Å². The Morgan fingerprint density at radius 1 is 1.20 bits per heavy atom. The van der Waals surface area contributed by atoms with Gasteiger partial charge in [-0.15, -0.1) is 0 Å². The summed E-state index contributed by atoms with van der Waals surface area (Å²) in [5.41, 5.74) is 8.56. The van der Waals surface area contributed by atoms with Crippen LogP contribution in [-0.4, -0.2) is 25.5 Å². The van der Waals surface area contributed by atoms with Gasteiger partial charge in [-0.3, -0.25) is 9.48 Å². The predicted octanol–water partition coefficient (Wildman–Crippen LogP) is 2.92. The number of nitrogens with zero attached hydrogens (tertiary/aromatic N) is 3. The Hall–Kier alpha value is -3.48. The first kappa shape index (κ1) is 15.1. The summed E-state index contributed by atoms with van der Waals surface area (Å²) >= 11 is 0. The SMILES string of the molecule is Cn1cc(-c2cnc3[nH]cc(C(=O)c4cc(N)ccc4F)c3c2)cn1. The van der Waals surface area contributed by atoms with Crippen molar-refractivity contribution < 1.29 is 9.18 Å². The van der Waals surface area contributed by atoms with Gasteiger partial charge in [0.15, 0.2) is 5.78 Å². The molecule has 4 rings (SSSR count). The van der Waals surface area contributed by atoms with Crippen molar-refractivity contribution in [2.45, 2.75) is 0 Å². The highest BCUT2D eigenvalue weighted by Crippen LogP contribution is 2.26. The number of rotatable bonds is 3. The van der Waals surface area contributed by atoms with Crippen LogP contribution in [0, 0.1) is 5.82 Å². The first-order valence-corrected chi connectivity index (χ1v) is 7.59. The van der Waals surface area contributed by atoms with Crippen LogP contribution in [0.1, 0.15) is 15.9 Å². The van der Waals surface area contributed by atoms with Crippen molar-refractivity contribution in [2.75, 3.05) is 5.73 Å². The molecule has 0 unspecified atom stereocenters. The van der Waals surface area contributed by atoms with Gasteiger partial charge < -0.3 is 10.7 Å². The molecule has 0 fully saturated rings. The summed E-state index contributed by atoms with van der Waals surface area (Å²) < 4.78 is 15.7. The van der Waals surface area contributed by atoms with Gasteiger partial charge in [0.25, 0.3) is 0 Å². The minimum Gasteiger partial charge on any atom is -0.399 e. The van der Waals surface area contributed by atoms with Gasteiger partial charge in [-0.1, -0.05) is 0 Å². The van der Waals surface area contributed by atoms with Crippen molar-refractivity contribution >= 4 is 22.5 Å². The van der Waals surface area contributed by atoms with Crippen LogP contribution in [0.2, 0.25) is 0 Å². The number of anilines is 1. The topological polar surface area (TPSA) is 89.6 Å². The number of pyridine rings is 1. The largest absolute Gasteiger partial charge is 0.399 e. The van der Waals surface area contributed by atoms with Crippen LogP contribution in [-0.2, 0) is 7.05 Å². The van der Waals surface area contributed by atoms with Crippen LogP contribution < -0.4 is 5.73 Å². The zero-order valence-electron chi connectivity index (χ0n) is 13.3. The second kappa shape index (κ2) is 5.55. The van der Waals surface area contributed by atoms with Crippen LogP contribution in [0.3, 0.4) is 0 Å². The zero-order valence-corrected chi connectivity index (χ0v) is 13.3. The highest BCUT2D eigenvalue weighted by atomic mass is 19.1. The van der Waals surface area contributed by atoms with Crippen molar-refractivity contribution in [3.63, 3.8) is 0 Å². The zero-order chi connectivity index (χ0) is 17.6. The fourth-order valence-corrected chi connectivity index (χ4v) is 2.78. The number of nitrogen functional groups attached to an aromatic ring is 1. The Labute approximate surface area is 142 Å². The van der Waals surface area contributed by atoms with Gasteiger partial charge >= 0.3 is 0 Å².